The Hall–Kier alpha value is -2.08. The summed E-state index contributed by atoms with van der Waals surface area (Å²) in [5, 5.41) is 9.71. The lowest BCUT2D eigenvalue weighted by molar-refractivity contribution is 0.0285. The topological polar surface area (TPSA) is 68.1 Å². The van der Waals surface area contributed by atoms with Crippen molar-refractivity contribution in [3.05, 3.63) is 47.2 Å². The average Bonchev–Trinajstić information content (AvgIpc) is 3.43. The third kappa shape index (κ3) is 3.95. The third-order valence-corrected chi connectivity index (χ3v) is 5.78. The highest BCUT2D eigenvalue weighted by atomic mass is 19.1. The molecule has 4 rings (SSSR count). The fourth-order valence-corrected chi connectivity index (χ4v) is 3.87. The number of aromatic nitrogens is 3. The van der Waals surface area contributed by atoms with E-state index < -0.39 is 11.8 Å². The maximum atomic E-state index is 15.5. The summed E-state index contributed by atoms with van der Waals surface area (Å²) < 4.78 is 21.5. The Morgan fingerprint density at radius 2 is 1.96 bits per heavy atom. The first kappa shape index (κ1) is 18.3. The second kappa shape index (κ2) is 7.15. The van der Waals surface area contributed by atoms with E-state index in [1.807, 2.05) is 13.1 Å². The monoisotopic (exact) mass is 371 g/mol. The number of halogens is 1. The van der Waals surface area contributed by atoms with E-state index in [0.29, 0.717) is 48.6 Å². The smallest absolute Gasteiger partial charge is 0.223 e. The highest BCUT2D eigenvalue weighted by Crippen LogP contribution is 2.48. The Balaban J connectivity index is 1.45. The first-order valence-corrected chi connectivity index (χ1v) is 9.71. The molecule has 144 valence electrons. The minimum absolute atomic E-state index is 0.274. The van der Waals surface area contributed by atoms with E-state index in [1.165, 1.54) is 0 Å². The summed E-state index contributed by atoms with van der Waals surface area (Å²) in [4.78, 5) is 13.1. The Morgan fingerprint density at radius 1 is 1.19 bits per heavy atom. The van der Waals surface area contributed by atoms with Crippen LogP contribution in [0.4, 0.5) is 4.39 Å². The molecule has 6 heteroatoms. The molecule has 0 aromatic carbocycles. The van der Waals surface area contributed by atoms with Gasteiger partial charge in [-0.25, -0.2) is 9.37 Å². The molecule has 2 fully saturated rings. The zero-order valence-corrected chi connectivity index (χ0v) is 15.9. The number of alkyl halides is 1. The minimum atomic E-state index is -1.52. The summed E-state index contributed by atoms with van der Waals surface area (Å²) in [6.45, 7) is 4.31. The largest absolute Gasteiger partial charge is 0.477 e. The first-order chi connectivity index (χ1) is 12.9. The van der Waals surface area contributed by atoms with Crippen molar-refractivity contribution < 1.29 is 14.2 Å². The molecule has 5 nitrogen and oxygen atoms in total. The van der Waals surface area contributed by atoms with Crippen LogP contribution in [0, 0.1) is 19.8 Å². The van der Waals surface area contributed by atoms with Crippen LogP contribution in [0.3, 0.4) is 0 Å². The number of hydrogen-bond donors (Lipinski definition) is 1. The van der Waals surface area contributed by atoms with E-state index in [-0.39, 0.29) is 12.8 Å². The summed E-state index contributed by atoms with van der Waals surface area (Å²) in [5.74, 6) is 1.71. The van der Waals surface area contributed by atoms with E-state index in [1.54, 1.807) is 13.1 Å². The number of aryl methyl sites for hydroxylation is 2. The fourth-order valence-electron chi connectivity index (χ4n) is 3.87. The van der Waals surface area contributed by atoms with Crippen LogP contribution in [0.25, 0.3) is 0 Å². The lowest BCUT2D eigenvalue weighted by Gasteiger charge is -2.32. The molecule has 0 aliphatic heterocycles. The molecule has 0 unspecified atom stereocenters. The average molecular weight is 371 g/mol. The van der Waals surface area contributed by atoms with Gasteiger partial charge in [-0.1, -0.05) is 6.07 Å². The number of pyridine rings is 1. The summed E-state index contributed by atoms with van der Waals surface area (Å²) in [6.07, 6.45) is 5.51. The van der Waals surface area contributed by atoms with Crippen molar-refractivity contribution in [3.8, 4) is 5.88 Å². The summed E-state index contributed by atoms with van der Waals surface area (Å²) in [7, 11) is 0. The summed E-state index contributed by atoms with van der Waals surface area (Å²) >= 11 is 0. The van der Waals surface area contributed by atoms with Gasteiger partial charge in [0.05, 0.1) is 18.3 Å². The van der Waals surface area contributed by atoms with Gasteiger partial charge in [0.25, 0.3) is 0 Å². The van der Waals surface area contributed by atoms with Gasteiger partial charge in [0, 0.05) is 29.9 Å². The Bertz CT molecular complexity index is 804. The van der Waals surface area contributed by atoms with Gasteiger partial charge in [0.15, 0.2) is 0 Å². The molecule has 0 spiro atoms. The molecule has 0 saturated heterocycles. The molecule has 1 N–H and O–H groups in total. The normalized spacial score (nSPS) is 30.1. The number of nitrogens with zero attached hydrogens (tertiary/aromatic N) is 3. The lowest BCUT2D eigenvalue weighted by Crippen LogP contribution is -2.30. The van der Waals surface area contributed by atoms with Crippen molar-refractivity contribution in [3.63, 3.8) is 0 Å². The highest BCUT2D eigenvalue weighted by Gasteiger charge is 2.42. The second-order valence-corrected chi connectivity index (χ2v) is 8.01. The molecular formula is C21H26FN3O2. The molecule has 0 bridgehead atoms. The van der Waals surface area contributed by atoms with Crippen LogP contribution >= 0.6 is 0 Å². The molecule has 2 aromatic rings. The summed E-state index contributed by atoms with van der Waals surface area (Å²) in [6, 6.07) is 4.15. The van der Waals surface area contributed by atoms with Crippen LogP contribution in [-0.4, -0.2) is 32.8 Å². The van der Waals surface area contributed by atoms with Gasteiger partial charge in [-0.05, 0) is 57.6 Å². The minimum Gasteiger partial charge on any atom is -0.477 e. The zero-order chi connectivity index (χ0) is 19.0. The van der Waals surface area contributed by atoms with Crippen LogP contribution in [0.15, 0.2) is 24.5 Å². The van der Waals surface area contributed by atoms with Crippen LogP contribution in [-0.2, 0) is 5.67 Å². The molecule has 2 heterocycles. The predicted molar refractivity (Wildman–Crippen MR) is 99.3 cm³/mol. The quantitative estimate of drug-likeness (QED) is 0.866. The number of ether oxygens (including phenoxy) is 1. The SMILES string of the molecule is Cc1ccc([C@H]2C[C@@H]2COc2nc(C)ncc2[C@]2(F)CC[C@@H](O)CC2)nc1. The van der Waals surface area contributed by atoms with E-state index >= 15 is 4.39 Å². The third-order valence-electron chi connectivity index (χ3n) is 5.78. The van der Waals surface area contributed by atoms with Gasteiger partial charge < -0.3 is 9.84 Å². The molecule has 2 saturated carbocycles. The maximum Gasteiger partial charge on any atom is 0.223 e. The van der Waals surface area contributed by atoms with Crippen molar-refractivity contribution in [2.75, 3.05) is 6.61 Å². The number of aliphatic hydroxyl groups excluding tert-OH is 1. The number of hydrogen-bond acceptors (Lipinski definition) is 5. The molecular weight excluding hydrogens is 345 g/mol. The Kier molecular flexibility index (Phi) is 4.84. The van der Waals surface area contributed by atoms with Crippen LogP contribution in [0.5, 0.6) is 5.88 Å². The molecule has 2 aromatic heterocycles. The molecule has 2 aliphatic carbocycles. The molecule has 27 heavy (non-hydrogen) atoms. The number of aliphatic hydroxyl groups is 1. The molecule has 2 atom stereocenters. The van der Waals surface area contributed by atoms with Crippen molar-refractivity contribution in [1.82, 2.24) is 15.0 Å². The van der Waals surface area contributed by atoms with Gasteiger partial charge in [0.2, 0.25) is 5.88 Å². The van der Waals surface area contributed by atoms with Crippen LogP contribution in [0.2, 0.25) is 0 Å². The molecule has 0 amide bonds. The zero-order valence-electron chi connectivity index (χ0n) is 15.9. The van der Waals surface area contributed by atoms with Crippen molar-refractivity contribution >= 4 is 0 Å². The van der Waals surface area contributed by atoms with E-state index in [2.05, 4.69) is 27.1 Å². The van der Waals surface area contributed by atoms with Crippen LogP contribution in [0.1, 0.15) is 60.7 Å². The van der Waals surface area contributed by atoms with E-state index in [0.717, 1.165) is 17.7 Å². The molecule has 0 radical (unpaired) electrons. The maximum absolute atomic E-state index is 15.5. The van der Waals surface area contributed by atoms with Crippen LogP contribution < -0.4 is 4.74 Å². The standard InChI is InChI=1S/C21H26FN3O2/c1-13-3-4-19(24-10-13)17-9-15(17)12-27-20-18(11-23-14(2)25-20)21(22)7-5-16(26)6-8-21/h3-4,10-11,15-17,26H,5-9,12H2,1-2H3/t15-,16-,17+,21+/m1/s1. The van der Waals surface area contributed by atoms with Gasteiger partial charge >= 0.3 is 0 Å². The van der Waals surface area contributed by atoms with Crippen molar-refractivity contribution in [1.29, 1.82) is 0 Å². The Labute approximate surface area is 159 Å². The van der Waals surface area contributed by atoms with Gasteiger partial charge in [-0.2, -0.15) is 4.98 Å². The number of rotatable bonds is 5. The van der Waals surface area contributed by atoms with E-state index in [9.17, 15) is 5.11 Å². The Morgan fingerprint density at radius 3 is 2.67 bits per heavy atom. The van der Waals surface area contributed by atoms with Gasteiger partial charge in [-0.3, -0.25) is 4.98 Å². The fraction of sp³-hybridized carbons (Fsp3) is 0.571. The van der Waals surface area contributed by atoms with Crippen molar-refractivity contribution in [2.24, 2.45) is 5.92 Å². The predicted octanol–water partition coefficient (Wildman–Crippen LogP) is 3.77. The lowest BCUT2D eigenvalue weighted by atomic mass is 9.81. The first-order valence-electron chi connectivity index (χ1n) is 9.71. The van der Waals surface area contributed by atoms with Gasteiger partial charge in [0.1, 0.15) is 11.5 Å². The second-order valence-electron chi connectivity index (χ2n) is 8.01. The van der Waals surface area contributed by atoms with E-state index in [4.69, 9.17) is 4.74 Å². The van der Waals surface area contributed by atoms with Crippen molar-refractivity contribution in [2.45, 2.75) is 63.6 Å². The molecule has 2 aliphatic rings. The van der Waals surface area contributed by atoms with Gasteiger partial charge in [-0.15, -0.1) is 0 Å². The highest BCUT2D eigenvalue weighted by molar-refractivity contribution is 5.31. The summed E-state index contributed by atoms with van der Waals surface area (Å²) in [5.41, 5.74) is 1.14.